The summed E-state index contributed by atoms with van der Waals surface area (Å²) in [5, 5.41) is 55.8. The number of rotatable bonds is 31. The molecule has 5 amide bonds. The molecular formula is C102H101F5N18O7S5. The van der Waals surface area contributed by atoms with Gasteiger partial charge in [-0.05, 0) is 156 Å². The molecule has 9 aromatic carbocycles. The van der Waals surface area contributed by atoms with Crippen LogP contribution in [0.3, 0.4) is 0 Å². The minimum Gasteiger partial charge on any atom is -0.497 e. The van der Waals surface area contributed by atoms with Crippen LogP contribution in [0.1, 0.15) is 161 Å². The van der Waals surface area contributed by atoms with Crippen LogP contribution in [0.2, 0.25) is 0 Å². The number of benzene rings is 9. The lowest BCUT2D eigenvalue weighted by Gasteiger charge is -2.16. The van der Waals surface area contributed by atoms with Gasteiger partial charge in [0, 0.05) is 112 Å². The number of carbonyl (C=O) groups is 5. The smallest absolute Gasteiger partial charge is 0.416 e. The fraction of sp³-hybridized carbons (Fsp3) is 0.235. The van der Waals surface area contributed by atoms with E-state index in [0.29, 0.717) is 76.9 Å². The number of para-hydroxylation sites is 1. The summed E-state index contributed by atoms with van der Waals surface area (Å²) in [4.78, 5) is 72.7. The minimum atomic E-state index is -4.51. The maximum atomic E-state index is 13.2. The highest BCUT2D eigenvalue weighted by Gasteiger charge is 2.33. The molecule has 16 aromatic rings. The van der Waals surface area contributed by atoms with Crippen molar-refractivity contribution in [1.82, 2.24) is 82.3 Å². The SMILES string of the molecule is CC(=O)NC(Cc1ccc(CN)cc1)c1ncc(-c2ccnc3ccccc23)s1.CC(=O)NC(Cc1ccc(N)cc1)c1nnc(-c2cccc(OC(C)(F)F)c2)s1.CC(=O)NC(Cc1ccccc1)c1nnc(-c2ccccc2)s1.CCc1ccc(CC(NC(C)=O)c2nnc(-c3cc(OC)cc(C(F)(F)F)c3)s2)cc1.CCc1cccc(CC(NC(C)=O)c2nnc(-c3cccnc3)s2)c1. The standard InChI is InChI=1S/C23H22N4OS.C22H22F3N3O2S.C20H20F2N4O2S.C19H20N4OS.C18H17N3OS/c1-15(28)27-21(12-16-6-8-17(13-24)9-7-16)23-26-14-22(29-23)19-10-11-25-20-5-3-2-4-18(19)20;1-4-14-5-7-15(8-6-14)9-19(26-13(2)29)21-28-27-20(31-21)16-10-17(22(23,24)25)12-18(11-16)30-3;1-12(27)24-17(10-13-6-8-15(23)9-7-13)19-26-25-18(29-19)14-4-3-5-16(11-14)28-20(2,21)22;1-3-14-6-4-7-15(10-14)11-17(21-13(2)24)19-23-22-18(25-19)16-8-5-9-20-12-16;1-13(22)19-16(12-14-8-4-2-5-9-14)18-21-20-17(23-18)15-10-6-3-7-11-15/h2-11,14,21H,12-13,24H2,1H3,(H,27,28);5-8,10-12,19H,4,9H2,1-3H3,(H,26,29);3-9,11,17H,10,23H2,1-2H3,(H,24,27);4-10,12,17H,3,11H2,1-2H3,(H,21,24);2-11,16H,12H2,1H3,(H,19,22). The third-order valence-electron chi connectivity index (χ3n) is 20.7. The van der Waals surface area contributed by atoms with Gasteiger partial charge >= 0.3 is 12.3 Å². The lowest BCUT2D eigenvalue weighted by Crippen LogP contribution is -2.27. The summed E-state index contributed by atoms with van der Waals surface area (Å²) < 4.78 is 75.6. The molecule has 5 atom stereocenters. The molecule has 9 N–H and O–H groups in total. The first-order valence-corrected chi connectivity index (χ1v) is 47.7. The number of halogens is 5. The Morgan fingerprint density at radius 1 is 0.380 bits per heavy atom. The zero-order valence-corrected chi connectivity index (χ0v) is 80.4. The third kappa shape index (κ3) is 31.2. The maximum Gasteiger partial charge on any atom is 0.416 e. The summed E-state index contributed by atoms with van der Waals surface area (Å²) in [5.74, 6) is -0.518. The van der Waals surface area contributed by atoms with Gasteiger partial charge in [0.15, 0.2) is 0 Å². The predicted octanol–water partition coefficient (Wildman–Crippen LogP) is 20.9. The summed E-state index contributed by atoms with van der Waals surface area (Å²) in [6, 6.07) is 74.3. The number of fused-ring (bicyclic) bond motifs is 1. The van der Waals surface area contributed by atoms with Crippen molar-refractivity contribution >= 4 is 103 Å². The second kappa shape index (κ2) is 49.3. The van der Waals surface area contributed by atoms with Crippen LogP contribution in [0.5, 0.6) is 11.5 Å². The average Bonchev–Trinajstić information content (AvgIpc) is 1.22. The monoisotopic (exact) mass is 1940 g/mol. The van der Waals surface area contributed by atoms with Crippen LogP contribution in [-0.4, -0.2) is 98.5 Å². The maximum absolute atomic E-state index is 13.2. The molecular weight excluding hydrogens is 1840 g/mol. The number of amides is 5. The third-order valence-corrected chi connectivity index (χ3v) is 26.2. The van der Waals surface area contributed by atoms with E-state index in [1.807, 2.05) is 158 Å². The second-order valence-electron chi connectivity index (χ2n) is 31.6. The summed E-state index contributed by atoms with van der Waals surface area (Å²) in [7, 11) is 1.31. The predicted molar refractivity (Wildman–Crippen MR) is 529 cm³/mol. The molecule has 0 aliphatic carbocycles. The van der Waals surface area contributed by atoms with Crippen molar-refractivity contribution in [3.63, 3.8) is 0 Å². The van der Waals surface area contributed by atoms with Crippen LogP contribution in [-0.2, 0) is 81.6 Å². The molecule has 0 spiro atoms. The van der Waals surface area contributed by atoms with Crippen molar-refractivity contribution in [2.75, 3.05) is 12.8 Å². The van der Waals surface area contributed by atoms with Crippen LogP contribution in [0.15, 0.2) is 267 Å². The summed E-state index contributed by atoms with van der Waals surface area (Å²) in [6.45, 7) is 12.8. The Labute approximate surface area is 809 Å². The minimum absolute atomic E-state index is 0.0343. The number of alkyl halides is 5. The van der Waals surface area contributed by atoms with Crippen LogP contribution in [0, 0.1) is 0 Å². The molecule has 0 radical (unpaired) electrons. The number of nitrogens with one attached hydrogen (secondary N) is 5. The molecule has 0 saturated heterocycles. The topological polar surface area (TPSA) is 358 Å². The number of ether oxygens (including phenoxy) is 2. The van der Waals surface area contributed by atoms with Crippen LogP contribution < -0.4 is 47.5 Å². The largest absolute Gasteiger partial charge is 0.497 e. The first-order valence-electron chi connectivity index (χ1n) is 43.6. The van der Waals surface area contributed by atoms with Crippen molar-refractivity contribution in [2.45, 2.75) is 149 Å². The molecule has 5 unspecified atom stereocenters. The van der Waals surface area contributed by atoms with E-state index >= 15 is 0 Å². The average molecular weight is 1950 g/mol. The second-order valence-corrected chi connectivity index (χ2v) is 36.7. The van der Waals surface area contributed by atoms with E-state index in [2.05, 4.69) is 143 Å². The van der Waals surface area contributed by atoms with E-state index in [4.69, 9.17) is 16.2 Å². The highest BCUT2D eigenvalue weighted by Crippen LogP contribution is 2.41. The first-order chi connectivity index (χ1) is 65.9. The highest BCUT2D eigenvalue weighted by atomic mass is 32.1. The molecule has 0 aliphatic rings. The number of aromatic nitrogens is 11. The number of nitrogens with two attached hydrogens (primary N) is 2. The fourth-order valence-electron chi connectivity index (χ4n) is 14.2. The van der Waals surface area contributed by atoms with Crippen LogP contribution in [0.4, 0.5) is 27.6 Å². The van der Waals surface area contributed by atoms with E-state index < -0.39 is 23.9 Å². The van der Waals surface area contributed by atoms with E-state index in [9.17, 15) is 45.9 Å². The van der Waals surface area contributed by atoms with Gasteiger partial charge in [-0.3, -0.25) is 33.9 Å². The molecule has 0 bridgehead atoms. The van der Waals surface area contributed by atoms with Gasteiger partial charge in [-0.2, -0.15) is 22.0 Å². The lowest BCUT2D eigenvalue weighted by atomic mass is 10.0. The Bertz CT molecular complexity index is 6630. The number of anilines is 1. The number of nitrogen functional groups attached to an aromatic ring is 1. The molecule has 0 fully saturated rings. The number of thiazole rings is 1. The molecule has 706 valence electrons. The normalized spacial score (nSPS) is 12.2. The van der Waals surface area contributed by atoms with Gasteiger partial charge in [0.2, 0.25) is 29.5 Å². The summed E-state index contributed by atoms with van der Waals surface area (Å²) in [6.07, 6.45) is 4.39. The Morgan fingerprint density at radius 2 is 0.796 bits per heavy atom. The van der Waals surface area contributed by atoms with Crippen molar-refractivity contribution in [3.05, 3.63) is 343 Å². The van der Waals surface area contributed by atoms with Crippen molar-refractivity contribution in [3.8, 4) is 64.2 Å². The molecule has 35 heteroatoms. The number of hydrogen-bond donors (Lipinski definition) is 7. The Hall–Kier alpha value is -14.2. The van der Waals surface area contributed by atoms with E-state index in [1.165, 1.54) is 111 Å². The van der Waals surface area contributed by atoms with Crippen LogP contribution in [0.25, 0.3) is 63.6 Å². The zero-order valence-electron chi connectivity index (χ0n) is 76.3. The highest BCUT2D eigenvalue weighted by molar-refractivity contribution is 7.16. The van der Waals surface area contributed by atoms with Gasteiger partial charge < -0.3 is 47.5 Å². The van der Waals surface area contributed by atoms with Gasteiger partial charge in [-0.25, -0.2) is 4.98 Å². The molecule has 25 nitrogen and oxygen atoms in total. The van der Waals surface area contributed by atoms with Crippen molar-refractivity contribution in [2.24, 2.45) is 5.73 Å². The van der Waals surface area contributed by atoms with Gasteiger partial charge in [-0.1, -0.05) is 235 Å². The van der Waals surface area contributed by atoms with Crippen molar-refractivity contribution < 1.29 is 55.4 Å². The van der Waals surface area contributed by atoms with E-state index in [1.54, 1.807) is 48.0 Å². The van der Waals surface area contributed by atoms with Gasteiger partial charge in [0.25, 0.3) is 0 Å². The van der Waals surface area contributed by atoms with Crippen LogP contribution >= 0.6 is 56.7 Å². The molecule has 16 rings (SSSR count). The van der Waals surface area contributed by atoms with Crippen molar-refractivity contribution in [1.29, 1.82) is 0 Å². The van der Waals surface area contributed by atoms with Gasteiger partial charge in [0.1, 0.15) is 56.6 Å². The molecule has 7 aromatic heterocycles. The number of hydrogen-bond acceptors (Lipinski definition) is 25. The number of aryl methyl sites for hydroxylation is 2. The quantitative estimate of drug-likeness (QED) is 0.0157. The number of carbonyl (C=O) groups excluding carboxylic acids is 5. The Morgan fingerprint density at radius 3 is 1.28 bits per heavy atom. The Kier molecular flexibility index (Phi) is 36.6. The van der Waals surface area contributed by atoms with E-state index in [0.717, 1.165) is 122 Å². The summed E-state index contributed by atoms with van der Waals surface area (Å²) in [5.41, 5.74) is 25.2. The Balaban J connectivity index is 0.000000154. The van der Waals surface area contributed by atoms with Gasteiger partial charge in [-0.15, -0.1) is 52.1 Å². The van der Waals surface area contributed by atoms with E-state index in [-0.39, 0.29) is 70.8 Å². The fourth-order valence-corrected chi connectivity index (χ4v) is 18.8. The number of methoxy groups -OCH3 is 1. The first kappa shape index (κ1) is 102. The number of pyridine rings is 2. The number of nitrogens with zero attached hydrogens (tertiary/aromatic N) is 11. The zero-order chi connectivity index (χ0) is 97.5. The molecule has 7 heterocycles. The molecule has 0 aliphatic heterocycles. The lowest BCUT2D eigenvalue weighted by molar-refractivity contribution is -0.159. The summed E-state index contributed by atoms with van der Waals surface area (Å²) >= 11 is 7.03. The van der Waals surface area contributed by atoms with Gasteiger partial charge in [0.05, 0.1) is 53.3 Å². The molecule has 137 heavy (non-hydrogen) atoms. The molecule has 0 saturated carbocycles.